The van der Waals surface area contributed by atoms with Crippen LogP contribution in [0.4, 0.5) is 4.70 Å². The molecule has 0 aliphatic carbocycles. The Labute approximate surface area is 35.1 Å². The van der Waals surface area contributed by atoms with Gasteiger partial charge in [0.05, 0.1) is 6.26 Å². The molecule has 0 fully saturated rings. The fraction of sp³-hybridized carbons (Fsp3) is 1.00. The highest BCUT2D eigenvalue weighted by Crippen LogP contribution is 1.60. The van der Waals surface area contributed by atoms with E-state index in [-0.39, 0.29) is 4.70 Å². The van der Waals surface area contributed by atoms with Gasteiger partial charge in [0.2, 0.25) is 0 Å². The summed E-state index contributed by atoms with van der Waals surface area (Å²) in [6.45, 7) is 0. The average Bonchev–Trinajstić information content (AvgIpc) is 0.722. The molecule has 0 aromatic carbocycles. The van der Waals surface area contributed by atoms with E-state index >= 15 is 0 Å². The minimum Gasteiger partial charge on any atom is -0.286 e. The Bertz CT molecular complexity index is 94.0. The van der Waals surface area contributed by atoms with Crippen molar-refractivity contribution in [2.75, 3.05) is 6.26 Å². The van der Waals surface area contributed by atoms with E-state index in [1.54, 1.807) is 0 Å². The average molecular weight is 116 g/mol. The summed E-state index contributed by atoms with van der Waals surface area (Å²) in [5, 5.41) is 0. The van der Waals surface area contributed by atoms with Gasteiger partial charge < -0.3 is 0 Å². The molecule has 1 N–H and O–H groups in total. The fourth-order valence-corrected chi connectivity index (χ4v) is 0. The summed E-state index contributed by atoms with van der Waals surface area (Å²) in [6.07, 6.45) is 0.715. The number of hydrogen-bond acceptors (Lipinski definition) is 2. The fourth-order valence-electron chi connectivity index (χ4n) is 0. The van der Waals surface area contributed by atoms with Crippen LogP contribution in [0.3, 0.4) is 0 Å². The summed E-state index contributed by atoms with van der Waals surface area (Å²) in [5.74, 6) is 0. The smallest absolute Gasteiger partial charge is 0.261 e. The monoisotopic (exact) mass is 116 g/mol. The maximum atomic E-state index is 9.19. The highest BCUT2D eigenvalue weighted by molar-refractivity contribution is 7.85. The van der Waals surface area contributed by atoms with Crippen molar-refractivity contribution in [2.45, 2.75) is 0 Å². The standard InChI is InChI=1S/CH4O3S.FH/c1-5(2,3)4;/h1H3,(H,2,3,4);1H. The molecule has 0 aliphatic heterocycles. The van der Waals surface area contributed by atoms with Crippen molar-refractivity contribution in [3.8, 4) is 0 Å². The first-order valence-electron chi connectivity index (χ1n) is 0.924. The third kappa shape index (κ3) is 1210. The molecular weight excluding hydrogens is 111 g/mol. The van der Waals surface area contributed by atoms with Gasteiger partial charge in [-0.25, -0.2) is 0 Å². The van der Waals surface area contributed by atoms with Gasteiger partial charge in [0, 0.05) is 0 Å². The molecule has 0 bridgehead atoms. The van der Waals surface area contributed by atoms with Gasteiger partial charge in [-0.2, -0.15) is 8.42 Å². The molecular formula is CH5FO3S. The molecule has 3 nitrogen and oxygen atoms in total. The van der Waals surface area contributed by atoms with Gasteiger partial charge in [0.15, 0.2) is 0 Å². The predicted octanol–water partition coefficient (Wildman–Crippen LogP) is -0.343. The van der Waals surface area contributed by atoms with E-state index in [1.807, 2.05) is 0 Å². The first kappa shape index (κ1) is 9.28. The summed E-state index contributed by atoms with van der Waals surface area (Å²) in [4.78, 5) is 0. The number of rotatable bonds is 0. The Hall–Kier alpha value is -0.160. The van der Waals surface area contributed by atoms with E-state index in [1.165, 1.54) is 0 Å². The van der Waals surface area contributed by atoms with Crippen LogP contribution in [0.15, 0.2) is 0 Å². The molecule has 0 amide bonds. The van der Waals surface area contributed by atoms with Crippen LogP contribution < -0.4 is 0 Å². The van der Waals surface area contributed by atoms with Crippen LogP contribution >= 0.6 is 0 Å². The minimum atomic E-state index is -3.67. The third-order valence-electron chi connectivity index (χ3n) is 0. The van der Waals surface area contributed by atoms with Gasteiger partial charge in [-0.15, -0.1) is 0 Å². The zero-order valence-electron chi connectivity index (χ0n) is 3.08. The second kappa shape index (κ2) is 2.09. The lowest BCUT2D eigenvalue weighted by atomic mass is 12.0. The molecule has 40 valence electrons. The zero-order valence-corrected chi connectivity index (χ0v) is 3.90. The molecule has 0 heterocycles. The van der Waals surface area contributed by atoms with E-state index < -0.39 is 10.1 Å². The first-order chi connectivity index (χ1) is 2.00. The van der Waals surface area contributed by atoms with E-state index in [2.05, 4.69) is 0 Å². The largest absolute Gasteiger partial charge is 0.286 e. The van der Waals surface area contributed by atoms with Crippen LogP contribution in [0, 0.1) is 0 Å². The first-order valence-corrected chi connectivity index (χ1v) is 2.77. The van der Waals surface area contributed by atoms with Gasteiger partial charge in [-0.05, 0) is 0 Å². The zero-order chi connectivity index (χ0) is 4.50. The van der Waals surface area contributed by atoms with Crippen molar-refractivity contribution < 1.29 is 17.7 Å². The summed E-state index contributed by atoms with van der Waals surface area (Å²) in [6, 6.07) is 0. The van der Waals surface area contributed by atoms with Gasteiger partial charge in [-0.3, -0.25) is 9.26 Å². The highest BCUT2D eigenvalue weighted by atomic mass is 32.2. The van der Waals surface area contributed by atoms with E-state index in [0.717, 1.165) is 0 Å². The van der Waals surface area contributed by atoms with Crippen LogP contribution in [0.1, 0.15) is 0 Å². The SMILES string of the molecule is CS(=O)(=O)O.F. The highest BCUT2D eigenvalue weighted by Gasteiger charge is 1.81. The molecule has 0 aliphatic rings. The van der Waals surface area contributed by atoms with Crippen LogP contribution in [0.5, 0.6) is 0 Å². The summed E-state index contributed by atoms with van der Waals surface area (Å²) >= 11 is 0. The van der Waals surface area contributed by atoms with Gasteiger partial charge >= 0.3 is 0 Å². The molecule has 0 atom stereocenters. The van der Waals surface area contributed by atoms with E-state index in [4.69, 9.17) is 4.55 Å². The molecule has 0 saturated heterocycles. The Morgan fingerprint density at radius 2 is 1.50 bits per heavy atom. The Kier molecular flexibility index (Phi) is 3.24. The third-order valence-corrected chi connectivity index (χ3v) is 0. The maximum absolute atomic E-state index is 9.19. The molecule has 0 rings (SSSR count). The molecule has 0 aromatic heterocycles. The summed E-state index contributed by atoms with van der Waals surface area (Å²) < 4.78 is 25.9. The van der Waals surface area contributed by atoms with Crippen molar-refractivity contribution >= 4 is 10.1 Å². The normalized spacial score (nSPS) is 9.67. The van der Waals surface area contributed by atoms with Crippen molar-refractivity contribution in [1.82, 2.24) is 0 Å². The summed E-state index contributed by atoms with van der Waals surface area (Å²) in [5.41, 5.74) is 0. The van der Waals surface area contributed by atoms with Crippen molar-refractivity contribution in [1.29, 1.82) is 0 Å². The lowest BCUT2D eigenvalue weighted by Gasteiger charge is -1.69. The molecule has 0 aromatic rings. The molecule has 0 saturated carbocycles. The second-order valence-corrected chi connectivity index (χ2v) is 2.20. The summed E-state index contributed by atoms with van der Waals surface area (Å²) in [7, 11) is -3.67. The predicted molar refractivity (Wildman–Crippen MR) is 20.0 cm³/mol. The minimum absolute atomic E-state index is 0. The molecule has 0 unspecified atom stereocenters. The number of hydrogen-bond donors (Lipinski definition) is 1. The van der Waals surface area contributed by atoms with Crippen molar-refractivity contribution in [3.05, 3.63) is 0 Å². The molecule has 5 heteroatoms. The van der Waals surface area contributed by atoms with Crippen molar-refractivity contribution in [3.63, 3.8) is 0 Å². The van der Waals surface area contributed by atoms with E-state index in [0.29, 0.717) is 6.26 Å². The van der Waals surface area contributed by atoms with Crippen LogP contribution in [0.25, 0.3) is 0 Å². The van der Waals surface area contributed by atoms with Crippen LogP contribution in [-0.2, 0) is 10.1 Å². The Balaban J connectivity index is 0. The number of halogens is 1. The Morgan fingerprint density at radius 3 is 1.50 bits per heavy atom. The molecule has 6 heavy (non-hydrogen) atoms. The molecule has 0 radical (unpaired) electrons. The van der Waals surface area contributed by atoms with Crippen LogP contribution in [0.2, 0.25) is 0 Å². The van der Waals surface area contributed by atoms with Gasteiger partial charge in [0.25, 0.3) is 10.1 Å². The lowest BCUT2D eigenvalue weighted by molar-refractivity contribution is 0.490. The Morgan fingerprint density at radius 1 is 1.50 bits per heavy atom. The molecule has 0 spiro atoms. The quantitative estimate of drug-likeness (QED) is 0.440. The lowest BCUT2D eigenvalue weighted by Crippen LogP contribution is -1.88. The van der Waals surface area contributed by atoms with Gasteiger partial charge in [0.1, 0.15) is 0 Å². The second-order valence-electron chi connectivity index (χ2n) is 0.733. The van der Waals surface area contributed by atoms with Crippen LogP contribution in [-0.4, -0.2) is 19.2 Å². The van der Waals surface area contributed by atoms with Crippen molar-refractivity contribution in [2.24, 2.45) is 0 Å². The maximum Gasteiger partial charge on any atom is 0.261 e. The topological polar surface area (TPSA) is 54.4 Å². The van der Waals surface area contributed by atoms with Gasteiger partial charge in [-0.1, -0.05) is 0 Å². The van der Waals surface area contributed by atoms with E-state index in [9.17, 15) is 8.42 Å².